The van der Waals surface area contributed by atoms with Crippen LogP contribution in [0.4, 0.5) is 4.39 Å². The molecule has 6 heteroatoms. The Bertz CT molecular complexity index is 603. The SMILES string of the molecule is O=c1[nH]cc(F)c(=O)n1Oc1ccccc1. The van der Waals surface area contributed by atoms with Gasteiger partial charge in [-0.15, -0.1) is 0 Å². The van der Waals surface area contributed by atoms with Crippen LogP contribution in [-0.4, -0.2) is 9.71 Å². The third kappa shape index (κ3) is 1.85. The molecule has 5 nitrogen and oxygen atoms in total. The molecule has 0 amide bonds. The average molecular weight is 222 g/mol. The molecule has 16 heavy (non-hydrogen) atoms. The largest absolute Gasteiger partial charge is 0.367 e. The minimum atomic E-state index is -1.13. The third-order valence-corrected chi connectivity index (χ3v) is 1.84. The number of hydrogen-bond acceptors (Lipinski definition) is 3. The molecule has 0 atom stereocenters. The molecule has 0 saturated heterocycles. The van der Waals surface area contributed by atoms with Crippen molar-refractivity contribution in [2.45, 2.75) is 0 Å². The van der Waals surface area contributed by atoms with E-state index in [4.69, 9.17) is 4.84 Å². The maximum absolute atomic E-state index is 12.9. The fraction of sp³-hybridized carbons (Fsp3) is 0. The predicted octanol–water partition coefficient (Wildman–Crippen LogP) is 0.518. The van der Waals surface area contributed by atoms with E-state index in [0.29, 0.717) is 10.9 Å². The molecule has 0 aliphatic rings. The van der Waals surface area contributed by atoms with Gasteiger partial charge < -0.3 is 9.82 Å². The Morgan fingerprint density at radius 1 is 1.19 bits per heavy atom. The van der Waals surface area contributed by atoms with E-state index in [9.17, 15) is 14.0 Å². The lowest BCUT2D eigenvalue weighted by atomic mass is 10.3. The fourth-order valence-corrected chi connectivity index (χ4v) is 1.10. The van der Waals surface area contributed by atoms with E-state index in [1.807, 2.05) is 4.98 Å². The number of aromatic amines is 1. The number of H-pyrrole nitrogens is 1. The topological polar surface area (TPSA) is 64.1 Å². The summed E-state index contributed by atoms with van der Waals surface area (Å²) < 4.78 is 13.2. The van der Waals surface area contributed by atoms with Gasteiger partial charge in [0, 0.05) is 6.20 Å². The Morgan fingerprint density at radius 3 is 2.56 bits per heavy atom. The van der Waals surface area contributed by atoms with Crippen LogP contribution >= 0.6 is 0 Å². The van der Waals surface area contributed by atoms with Gasteiger partial charge in [0.05, 0.1) is 0 Å². The van der Waals surface area contributed by atoms with Crippen molar-refractivity contribution >= 4 is 0 Å². The van der Waals surface area contributed by atoms with Crippen LogP contribution in [0.3, 0.4) is 0 Å². The lowest BCUT2D eigenvalue weighted by Crippen LogP contribution is -2.39. The summed E-state index contributed by atoms with van der Waals surface area (Å²) in [5, 5.41) is 0. The molecular weight excluding hydrogens is 215 g/mol. The highest BCUT2D eigenvalue weighted by Gasteiger charge is 2.08. The minimum absolute atomic E-state index is 0.265. The quantitative estimate of drug-likeness (QED) is 0.805. The van der Waals surface area contributed by atoms with Crippen LogP contribution in [0, 0.1) is 5.82 Å². The highest BCUT2D eigenvalue weighted by molar-refractivity contribution is 5.20. The Hall–Kier alpha value is -2.37. The number of nitrogens with zero attached hydrogens (tertiary/aromatic N) is 1. The number of aromatic nitrogens is 2. The first-order chi connectivity index (χ1) is 7.68. The zero-order chi connectivity index (χ0) is 11.5. The number of hydrogen-bond donors (Lipinski definition) is 1. The van der Waals surface area contributed by atoms with Crippen molar-refractivity contribution in [1.29, 1.82) is 0 Å². The molecule has 0 aliphatic carbocycles. The molecule has 2 rings (SSSR count). The number of benzene rings is 1. The molecule has 82 valence electrons. The van der Waals surface area contributed by atoms with Gasteiger partial charge in [-0.3, -0.25) is 4.79 Å². The molecule has 2 aromatic rings. The van der Waals surface area contributed by atoms with Gasteiger partial charge in [0.25, 0.3) is 0 Å². The third-order valence-electron chi connectivity index (χ3n) is 1.84. The summed E-state index contributed by atoms with van der Waals surface area (Å²) in [6, 6.07) is 8.14. The number of halogens is 1. The lowest BCUT2D eigenvalue weighted by Gasteiger charge is -2.05. The molecule has 0 aliphatic heterocycles. The molecule has 0 bridgehead atoms. The normalized spacial score (nSPS) is 10.1. The summed E-state index contributed by atoms with van der Waals surface area (Å²) in [6.45, 7) is 0. The van der Waals surface area contributed by atoms with E-state index in [2.05, 4.69) is 0 Å². The van der Waals surface area contributed by atoms with Gasteiger partial charge >= 0.3 is 11.2 Å². The minimum Gasteiger partial charge on any atom is -0.367 e. The van der Waals surface area contributed by atoms with Gasteiger partial charge in [-0.25, -0.2) is 4.79 Å². The van der Waals surface area contributed by atoms with Crippen LogP contribution in [0.25, 0.3) is 0 Å². The molecule has 0 radical (unpaired) electrons. The second kappa shape index (κ2) is 4.01. The van der Waals surface area contributed by atoms with E-state index in [1.165, 1.54) is 12.1 Å². The molecule has 1 N–H and O–H groups in total. The summed E-state index contributed by atoms with van der Waals surface area (Å²) >= 11 is 0. The molecule has 0 spiro atoms. The second-order valence-electron chi connectivity index (χ2n) is 2.95. The molecule has 0 unspecified atom stereocenters. The number of nitrogens with one attached hydrogen (secondary N) is 1. The molecule has 1 aromatic heterocycles. The maximum atomic E-state index is 12.9. The zero-order valence-electron chi connectivity index (χ0n) is 8.01. The van der Waals surface area contributed by atoms with Crippen LogP contribution in [-0.2, 0) is 0 Å². The van der Waals surface area contributed by atoms with Crippen LogP contribution in [0.2, 0.25) is 0 Å². The van der Waals surface area contributed by atoms with Crippen LogP contribution in [0.1, 0.15) is 0 Å². The van der Waals surface area contributed by atoms with Crippen molar-refractivity contribution in [2.75, 3.05) is 0 Å². The van der Waals surface area contributed by atoms with Gasteiger partial charge in [0.1, 0.15) is 0 Å². The lowest BCUT2D eigenvalue weighted by molar-refractivity contribution is 0.184. The van der Waals surface area contributed by atoms with E-state index in [1.54, 1.807) is 18.2 Å². The highest BCUT2D eigenvalue weighted by Crippen LogP contribution is 2.07. The van der Waals surface area contributed by atoms with E-state index < -0.39 is 17.1 Å². The Kier molecular flexibility index (Phi) is 2.55. The first kappa shape index (κ1) is 10.2. The number of rotatable bonds is 2. The van der Waals surface area contributed by atoms with Crippen LogP contribution in [0.5, 0.6) is 5.75 Å². The van der Waals surface area contributed by atoms with E-state index >= 15 is 0 Å². The summed E-state index contributed by atoms with van der Waals surface area (Å²) in [5.74, 6) is -0.823. The highest BCUT2D eigenvalue weighted by atomic mass is 19.1. The van der Waals surface area contributed by atoms with Crippen molar-refractivity contribution in [2.24, 2.45) is 0 Å². The van der Waals surface area contributed by atoms with Crippen LogP contribution in [0.15, 0.2) is 46.1 Å². The predicted molar refractivity (Wildman–Crippen MR) is 53.7 cm³/mol. The summed E-state index contributed by atoms with van der Waals surface area (Å²) in [7, 11) is 0. The maximum Gasteiger partial charge on any atom is 0.362 e. The standard InChI is InChI=1S/C10H7FN2O3/c11-8-6-12-10(15)13(9(8)14)16-7-4-2-1-3-5-7/h1-6H,(H,12,15). The van der Waals surface area contributed by atoms with Crippen molar-refractivity contribution in [1.82, 2.24) is 9.71 Å². The summed E-state index contributed by atoms with van der Waals surface area (Å²) in [4.78, 5) is 29.4. The summed E-state index contributed by atoms with van der Waals surface area (Å²) in [6.07, 6.45) is 0.690. The van der Waals surface area contributed by atoms with Crippen molar-refractivity contribution < 1.29 is 9.23 Å². The zero-order valence-corrected chi connectivity index (χ0v) is 8.01. The molecule has 0 fully saturated rings. The molecule has 0 saturated carbocycles. The molecule has 1 heterocycles. The smallest absolute Gasteiger partial charge is 0.362 e. The Morgan fingerprint density at radius 2 is 1.88 bits per heavy atom. The van der Waals surface area contributed by atoms with Gasteiger partial charge in [-0.05, 0) is 12.1 Å². The van der Waals surface area contributed by atoms with Crippen molar-refractivity contribution in [3.63, 3.8) is 0 Å². The van der Waals surface area contributed by atoms with E-state index in [0.717, 1.165) is 0 Å². The molecule has 1 aromatic carbocycles. The molecular formula is C10H7FN2O3. The van der Waals surface area contributed by atoms with Crippen LogP contribution < -0.4 is 16.1 Å². The Balaban J connectivity index is 2.47. The Labute approximate surface area is 88.7 Å². The van der Waals surface area contributed by atoms with Crippen molar-refractivity contribution in [3.05, 3.63) is 63.2 Å². The number of para-hydroxylation sites is 1. The van der Waals surface area contributed by atoms with Gasteiger partial charge in [0.15, 0.2) is 5.75 Å². The van der Waals surface area contributed by atoms with Gasteiger partial charge in [0.2, 0.25) is 5.82 Å². The van der Waals surface area contributed by atoms with Gasteiger partial charge in [-0.2, -0.15) is 4.39 Å². The van der Waals surface area contributed by atoms with E-state index in [-0.39, 0.29) is 5.75 Å². The fourth-order valence-electron chi connectivity index (χ4n) is 1.10. The monoisotopic (exact) mass is 222 g/mol. The first-order valence-electron chi connectivity index (χ1n) is 4.42. The average Bonchev–Trinajstić information content (AvgIpc) is 2.31. The first-order valence-corrected chi connectivity index (χ1v) is 4.42. The second-order valence-corrected chi connectivity index (χ2v) is 2.95. The summed E-state index contributed by atoms with van der Waals surface area (Å²) in [5.41, 5.74) is -1.97. The van der Waals surface area contributed by atoms with Crippen molar-refractivity contribution in [3.8, 4) is 5.75 Å². The van der Waals surface area contributed by atoms with Gasteiger partial charge in [-0.1, -0.05) is 22.9 Å².